The van der Waals surface area contributed by atoms with E-state index in [0.717, 1.165) is 35.0 Å². The molecule has 0 spiro atoms. The third kappa shape index (κ3) is 2.83. The van der Waals surface area contributed by atoms with Gasteiger partial charge in [0, 0.05) is 34.3 Å². The second-order valence-corrected chi connectivity index (χ2v) is 6.24. The van der Waals surface area contributed by atoms with Crippen molar-refractivity contribution in [3.63, 3.8) is 0 Å². The van der Waals surface area contributed by atoms with Crippen LogP contribution in [0.3, 0.4) is 0 Å². The Morgan fingerprint density at radius 2 is 1.71 bits per heavy atom. The standard InChI is InChI=1S/C20H18N2O2/c23-19(21-15-6-2-1-3-7-15)13-22-12-17(20(24)14-10-11-14)16-8-4-5-9-18(16)22/h1-9,12,14H,10-11,13H2,(H,21,23). The maximum atomic E-state index is 12.5. The molecule has 1 N–H and O–H groups in total. The highest BCUT2D eigenvalue weighted by Crippen LogP contribution is 2.35. The average molecular weight is 318 g/mol. The molecule has 1 aliphatic rings. The Kier molecular flexibility index (Phi) is 3.65. The van der Waals surface area contributed by atoms with Crippen molar-refractivity contribution in [1.82, 2.24) is 4.57 Å². The Morgan fingerprint density at radius 1 is 1.00 bits per heavy atom. The van der Waals surface area contributed by atoms with Crippen LogP contribution < -0.4 is 5.32 Å². The van der Waals surface area contributed by atoms with E-state index in [-0.39, 0.29) is 24.2 Å². The minimum absolute atomic E-state index is 0.104. The van der Waals surface area contributed by atoms with E-state index in [0.29, 0.717) is 0 Å². The van der Waals surface area contributed by atoms with E-state index in [4.69, 9.17) is 0 Å². The predicted octanol–water partition coefficient (Wildman–Crippen LogP) is 3.87. The van der Waals surface area contributed by atoms with Crippen LogP contribution in [-0.2, 0) is 11.3 Å². The smallest absolute Gasteiger partial charge is 0.244 e. The number of amides is 1. The molecule has 1 amide bonds. The fourth-order valence-electron chi connectivity index (χ4n) is 3.02. The van der Waals surface area contributed by atoms with Gasteiger partial charge in [0.15, 0.2) is 5.78 Å². The van der Waals surface area contributed by atoms with Gasteiger partial charge in [0.2, 0.25) is 5.91 Å². The summed E-state index contributed by atoms with van der Waals surface area (Å²) in [5, 5.41) is 3.82. The maximum absolute atomic E-state index is 12.5. The van der Waals surface area contributed by atoms with Crippen LogP contribution in [0.25, 0.3) is 10.9 Å². The predicted molar refractivity (Wildman–Crippen MR) is 94.1 cm³/mol. The number of rotatable bonds is 5. The van der Waals surface area contributed by atoms with Crippen LogP contribution in [0.1, 0.15) is 23.2 Å². The second kappa shape index (κ2) is 5.96. The molecular weight excluding hydrogens is 300 g/mol. The molecule has 24 heavy (non-hydrogen) atoms. The summed E-state index contributed by atoms with van der Waals surface area (Å²) in [6, 6.07) is 17.2. The Labute approximate surface area is 140 Å². The van der Waals surface area contributed by atoms with Crippen LogP contribution >= 0.6 is 0 Å². The van der Waals surface area contributed by atoms with Gasteiger partial charge in [-0.1, -0.05) is 36.4 Å². The Hall–Kier alpha value is -2.88. The van der Waals surface area contributed by atoms with Gasteiger partial charge in [0.25, 0.3) is 0 Å². The summed E-state index contributed by atoms with van der Waals surface area (Å²) < 4.78 is 1.86. The van der Waals surface area contributed by atoms with Crippen LogP contribution in [0, 0.1) is 5.92 Å². The van der Waals surface area contributed by atoms with Crippen molar-refractivity contribution >= 4 is 28.3 Å². The first kappa shape index (κ1) is 14.7. The number of hydrogen-bond acceptors (Lipinski definition) is 2. The van der Waals surface area contributed by atoms with Gasteiger partial charge >= 0.3 is 0 Å². The highest BCUT2D eigenvalue weighted by Gasteiger charge is 2.32. The number of carbonyl (C=O) groups is 2. The number of Topliss-reactive ketones (excluding diaryl/α,β-unsaturated/α-hetero) is 1. The fourth-order valence-corrected chi connectivity index (χ4v) is 3.02. The van der Waals surface area contributed by atoms with Crippen molar-refractivity contribution in [2.45, 2.75) is 19.4 Å². The molecule has 1 aromatic heterocycles. The molecule has 1 fully saturated rings. The van der Waals surface area contributed by atoms with Gasteiger partial charge in [0.1, 0.15) is 6.54 Å². The number of aromatic nitrogens is 1. The molecule has 1 heterocycles. The van der Waals surface area contributed by atoms with Crippen LogP contribution in [0.4, 0.5) is 5.69 Å². The van der Waals surface area contributed by atoms with Crippen molar-refractivity contribution in [2.75, 3.05) is 5.32 Å². The van der Waals surface area contributed by atoms with Gasteiger partial charge < -0.3 is 9.88 Å². The molecule has 0 saturated heterocycles. The van der Waals surface area contributed by atoms with E-state index in [2.05, 4.69) is 5.32 Å². The van der Waals surface area contributed by atoms with E-state index in [1.54, 1.807) is 0 Å². The number of fused-ring (bicyclic) bond motifs is 1. The summed E-state index contributed by atoms with van der Waals surface area (Å²) in [6.07, 6.45) is 3.79. The lowest BCUT2D eigenvalue weighted by Crippen LogP contribution is -2.18. The minimum atomic E-state index is -0.104. The number of nitrogens with one attached hydrogen (secondary N) is 1. The molecule has 0 radical (unpaired) electrons. The monoisotopic (exact) mass is 318 g/mol. The van der Waals surface area contributed by atoms with Crippen molar-refractivity contribution < 1.29 is 9.59 Å². The van der Waals surface area contributed by atoms with Crippen LogP contribution in [0.2, 0.25) is 0 Å². The summed E-state index contributed by atoms with van der Waals surface area (Å²) in [5.41, 5.74) is 2.43. The van der Waals surface area contributed by atoms with Gasteiger partial charge in [-0.3, -0.25) is 9.59 Å². The highest BCUT2D eigenvalue weighted by molar-refractivity contribution is 6.10. The van der Waals surface area contributed by atoms with E-state index in [1.807, 2.05) is 65.4 Å². The third-order valence-electron chi connectivity index (χ3n) is 4.37. The zero-order valence-corrected chi connectivity index (χ0v) is 13.2. The summed E-state index contributed by atoms with van der Waals surface area (Å²) in [4.78, 5) is 24.8. The van der Waals surface area contributed by atoms with Crippen LogP contribution in [-0.4, -0.2) is 16.3 Å². The van der Waals surface area contributed by atoms with E-state index < -0.39 is 0 Å². The molecule has 4 heteroatoms. The Morgan fingerprint density at radius 3 is 2.46 bits per heavy atom. The van der Waals surface area contributed by atoms with Crippen molar-refractivity contribution in [3.05, 3.63) is 66.4 Å². The molecule has 3 aromatic rings. The summed E-state index contributed by atoms with van der Waals surface area (Å²) >= 11 is 0. The largest absolute Gasteiger partial charge is 0.337 e. The SMILES string of the molecule is O=C(Cn1cc(C(=O)C2CC2)c2ccccc21)Nc1ccccc1. The Balaban J connectivity index is 1.62. The zero-order valence-electron chi connectivity index (χ0n) is 13.2. The molecular formula is C20H18N2O2. The molecule has 120 valence electrons. The number of ketones is 1. The van der Waals surface area contributed by atoms with Crippen LogP contribution in [0.5, 0.6) is 0 Å². The molecule has 2 aromatic carbocycles. The molecule has 4 nitrogen and oxygen atoms in total. The van der Waals surface area contributed by atoms with Gasteiger partial charge in [-0.25, -0.2) is 0 Å². The van der Waals surface area contributed by atoms with Gasteiger partial charge in [-0.05, 0) is 31.0 Å². The lowest BCUT2D eigenvalue weighted by atomic mass is 10.1. The molecule has 0 unspecified atom stereocenters. The topological polar surface area (TPSA) is 51.1 Å². The number of para-hydroxylation sites is 2. The number of carbonyl (C=O) groups excluding carboxylic acids is 2. The fraction of sp³-hybridized carbons (Fsp3) is 0.200. The summed E-state index contributed by atoms with van der Waals surface area (Å²) in [7, 11) is 0. The first-order valence-corrected chi connectivity index (χ1v) is 8.19. The maximum Gasteiger partial charge on any atom is 0.244 e. The molecule has 4 rings (SSSR count). The quantitative estimate of drug-likeness (QED) is 0.726. The highest BCUT2D eigenvalue weighted by atomic mass is 16.2. The molecule has 0 aliphatic heterocycles. The third-order valence-corrected chi connectivity index (χ3v) is 4.37. The van der Waals surface area contributed by atoms with Gasteiger partial charge in [0.05, 0.1) is 0 Å². The first-order valence-electron chi connectivity index (χ1n) is 8.19. The number of hydrogen-bond donors (Lipinski definition) is 1. The number of nitrogens with zero attached hydrogens (tertiary/aromatic N) is 1. The second-order valence-electron chi connectivity index (χ2n) is 6.24. The zero-order chi connectivity index (χ0) is 16.5. The summed E-state index contributed by atoms with van der Waals surface area (Å²) in [6.45, 7) is 0.188. The number of anilines is 1. The minimum Gasteiger partial charge on any atom is -0.337 e. The summed E-state index contributed by atoms with van der Waals surface area (Å²) in [5.74, 6) is 0.267. The van der Waals surface area contributed by atoms with Gasteiger partial charge in [-0.15, -0.1) is 0 Å². The molecule has 0 atom stereocenters. The normalized spacial score (nSPS) is 13.8. The lowest BCUT2D eigenvalue weighted by Gasteiger charge is -2.07. The van der Waals surface area contributed by atoms with Crippen molar-refractivity contribution in [2.24, 2.45) is 5.92 Å². The van der Waals surface area contributed by atoms with E-state index in [9.17, 15) is 9.59 Å². The van der Waals surface area contributed by atoms with Gasteiger partial charge in [-0.2, -0.15) is 0 Å². The van der Waals surface area contributed by atoms with Crippen molar-refractivity contribution in [1.29, 1.82) is 0 Å². The van der Waals surface area contributed by atoms with Crippen LogP contribution in [0.15, 0.2) is 60.8 Å². The average Bonchev–Trinajstić information content (AvgIpc) is 3.39. The molecule has 1 aliphatic carbocycles. The van der Waals surface area contributed by atoms with Crippen molar-refractivity contribution in [3.8, 4) is 0 Å². The first-order chi connectivity index (χ1) is 11.7. The molecule has 1 saturated carbocycles. The lowest BCUT2D eigenvalue weighted by molar-refractivity contribution is -0.116. The number of benzene rings is 2. The van der Waals surface area contributed by atoms with E-state index >= 15 is 0 Å². The molecule has 0 bridgehead atoms. The van der Waals surface area contributed by atoms with E-state index in [1.165, 1.54) is 0 Å². The Bertz CT molecular complexity index is 908.